The molecule has 2 aliphatic rings. The van der Waals surface area contributed by atoms with E-state index in [0.717, 1.165) is 6.42 Å². The number of fused-ring (bicyclic) bond motifs is 1. The van der Waals surface area contributed by atoms with Gasteiger partial charge in [0.05, 0.1) is 0 Å². The zero-order chi connectivity index (χ0) is 11.2. The number of allylic oxidation sites excluding steroid dienone is 4. The highest BCUT2D eigenvalue weighted by atomic mass is 16.1. The van der Waals surface area contributed by atoms with E-state index in [0.29, 0.717) is 12.0 Å². The Morgan fingerprint density at radius 2 is 2.00 bits per heavy atom. The first kappa shape index (κ1) is 10.3. The minimum Gasteiger partial charge on any atom is -0.294 e. The monoisotopic (exact) mass is 204 g/mol. The Bertz CT molecular complexity index is 401. The molecule has 0 amide bonds. The molecule has 0 heterocycles. The number of carbonyl (C=O) groups is 2. The topological polar surface area (TPSA) is 34.1 Å². The molecular weight excluding hydrogens is 188 g/mol. The highest BCUT2D eigenvalue weighted by Gasteiger charge is 2.48. The second-order valence-corrected chi connectivity index (χ2v) is 4.99. The van der Waals surface area contributed by atoms with Crippen LogP contribution < -0.4 is 0 Å². The third-order valence-corrected chi connectivity index (χ3v) is 3.75. The standard InChI is InChI=1S/C13H16O2/c1-8-4-5-13(3)10(6-8)11(14)7-9(2)12(13)15/h4,7,10H,5-6H2,1-3H3. The van der Waals surface area contributed by atoms with Gasteiger partial charge in [-0.15, -0.1) is 0 Å². The molecule has 0 aromatic carbocycles. The van der Waals surface area contributed by atoms with Crippen molar-refractivity contribution in [3.8, 4) is 0 Å². The highest BCUT2D eigenvalue weighted by Crippen LogP contribution is 2.45. The van der Waals surface area contributed by atoms with Crippen molar-refractivity contribution in [3.63, 3.8) is 0 Å². The molecular formula is C13H16O2. The van der Waals surface area contributed by atoms with Gasteiger partial charge in [0, 0.05) is 11.3 Å². The quantitative estimate of drug-likeness (QED) is 0.568. The van der Waals surface area contributed by atoms with Crippen LogP contribution in [0.1, 0.15) is 33.6 Å². The summed E-state index contributed by atoms with van der Waals surface area (Å²) in [6.07, 6.45) is 5.07. The Kier molecular flexibility index (Phi) is 2.18. The minimum absolute atomic E-state index is 0.126. The van der Waals surface area contributed by atoms with Crippen LogP contribution in [-0.2, 0) is 9.59 Å². The Hall–Kier alpha value is -1.18. The summed E-state index contributed by atoms with van der Waals surface area (Å²) in [4.78, 5) is 24.0. The molecule has 80 valence electrons. The van der Waals surface area contributed by atoms with Crippen molar-refractivity contribution in [2.75, 3.05) is 0 Å². The second kappa shape index (κ2) is 3.16. The average Bonchev–Trinajstić information content (AvgIpc) is 2.18. The van der Waals surface area contributed by atoms with Crippen LogP contribution >= 0.6 is 0 Å². The first-order chi connectivity index (χ1) is 6.95. The molecule has 2 heteroatoms. The van der Waals surface area contributed by atoms with Crippen molar-refractivity contribution in [2.45, 2.75) is 33.6 Å². The number of carbonyl (C=O) groups excluding carboxylic acids is 2. The zero-order valence-electron chi connectivity index (χ0n) is 9.46. The first-order valence-corrected chi connectivity index (χ1v) is 5.38. The van der Waals surface area contributed by atoms with E-state index in [1.165, 1.54) is 11.6 Å². The molecule has 0 fully saturated rings. The number of Topliss-reactive ketones (excluding diaryl/α,β-unsaturated/α-hetero) is 1. The van der Waals surface area contributed by atoms with Crippen LogP contribution in [0.5, 0.6) is 0 Å². The van der Waals surface area contributed by atoms with Gasteiger partial charge in [-0.2, -0.15) is 0 Å². The minimum atomic E-state index is -0.477. The van der Waals surface area contributed by atoms with Gasteiger partial charge in [-0.05, 0) is 38.3 Å². The maximum absolute atomic E-state index is 12.1. The molecule has 2 rings (SSSR count). The molecule has 0 N–H and O–H groups in total. The molecule has 2 atom stereocenters. The Morgan fingerprint density at radius 1 is 1.33 bits per heavy atom. The van der Waals surface area contributed by atoms with Crippen molar-refractivity contribution >= 4 is 11.6 Å². The van der Waals surface area contributed by atoms with E-state index in [2.05, 4.69) is 6.08 Å². The van der Waals surface area contributed by atoms with Gasteiger partial charge in [0.1, 0.15) is 0 Å². The van der Waals surface area contributed by atoms with Crippen molar-refractivity contribution < 1.29 is 9.59 Å². The predicted molar refractivity (Wildman–Crippen MR) is 58.4 cm³/mol. The van der Waals surface area contributed by atoms with Crippen LogP contribution in [0, 0.1) is 11.3 Å². The number of rotatable bonds is 0. The van der Waals surface area contributed by atoms with Crippen LogP contribution in [0.25, 0.3) is 0 Å². The molecule has 0 aromatic heterocycles. The number of hydrogen-bond acceptors (Lipinski definition) is 2. The molecule has 0 saturated heterocycles. The van der Waals surface area contributed by atoms with Crippen LogP contribution in [0.2, 0.25) is 0 Å². The van der Waals surface area contributed by atoms with E-state index >= 15 is 0 Å². The summed E-state index contributed by atoms with van der Waals surface area (Å²) in [5, 5.41) is 0. The Morgan fingerprint density at radius 3 is 2.67 bits per heavy atom. The third-order valence-electron chi connectivity index (χ3n) is 3.75. The molecule has 2 unspecified atom stereocenters. The van der Waals surface area contributed by atoms with E-state index in [1.807, 2.05) is 13.8 Å². The van der Waals surface area contributed by atoms with Gasteiger partial charge >= 0.3 is 0 Å². The molecule has 15 heavy (non-hydrogen) atoms. The van der Waals surface area contributed by atoms with Crippen molar-refractivity contribution in [3.05, 3.63) is 23.3 Å². The summed E-state index contributed by atoms with van der Waals surface area (Å²) < 4.78 is 0. The Balaban J connectivity index is 2.49. The van der Waals surface area contributed by atoms with Crippen molar-refractivity contribution in [2.24, 2.45) is 11.3 Å². The smallest absolute Gasteiger partial charge is 0.165 e. The van der Waals surface area contributed by atoms with Gasteiger partial charge in [0.2, 0.25) is 0 Å². The van der Waals surface area contributed by atoms with Gasteiger partial charge in [-0.3, -0.25) is 9.59 Å². The summed E-state index contributed by atoms with van der Waals surface area (Å²) in [5.41, 5.74) is 1.37. The van der Waals surface area contributed by atoms with E-state index in [-0.39, 0.29) is 17.5 Å². The lowest BCUT2D eigenvalue weighted by Crippen LogP contribution is -2.45. The van der Waals surface area contributed by atoms with Crippen LogP contribution in [0.3, 0.4) is 0 Å². The molecule has 0 bridgehead atoms. The van der Waals surface area contributed by atoms with Crippen molar-refractivity contribution in [1.82, 2.24) is 0 Å². The summed E-state index contributed by atoms with van der Waals surface area (Å²) in [7, 11) is 0. The zero-order valence-corrected chi connectivity index (χ0v) is 9.46. The molecule has 0 radical (unpaired) electrons. The molecule has 2 aliphatic carbocycles. The van der Waals surface area contributed by atoms with Gasteiger partial charge in [0.15, 0.2) is 11.6 Å². The van der Waals surface area contributed by atoms with Crippen LogP contribution in [-0.4, -0.2) is 11.6 Å². The largest absolute Gasteiger partial charge is 0.294 e. The number of ketones is 2. The molecule has 0 spiro atoms. The number of hydrogen-bond donors (Lipinski definition) is 0. The van der Waals surface area contributed by atoms with E-state index < -0.39 is 5.41 Å². The third kappa shape index (κ3) is 1.39. The van der Waals surface area contributed by atoms with E-state index in [4.69, 9.17) is 0 Å². The SMILES string of the molecule is CC1=CCC2(C)C(=O)C(C)=CC(=O)C2C1. The van der Waals surface area contributed by atoms with Crippen LogP contribution in [0.15, 0.2) is 23.3 Å². The van der Waals surface area contributed by atoms with E-state index in [9.17, 15) is 9.59 Å². The highest BCUT2D eigenvalue weighted by molar-refractivity contribution is 6.12. The fourth-order valence-electron chi connectivity index (χ4n) is 2.65. The van der Waals surface area contributed by atoms with Gasteiger partial charge in [-0.1, -0.05) is 18.6 Å². The summed E-state index contributed by atoms with van der Waals surface area (Å²) in [5.74, 6) is 0.150. The maximum atomic E-state index is 12.1. The second-order valence-electron chi connectivity index (χ2n) is 4.99. The Labute approximate surface area is 90.1 Å². The normalized spacial score (nSPS) is 35.8. The molecule has 0 saturated carbocycles. The van der Waals surface area contributed by atoms with E-state index in [1.54, 1.807) is 6.92 Å². The first-order valence-electron chi connectivity index (χ1n) is 5.38. The van der Waals surface area contributed by atoms with Crippen LogP contribution in [0.4, 0.5) is 0 Å². The average molecular weight is 204 g/mol. The maximum Gasteiger partial charge on any atom is 0.165 e. The van der Waals surface area contributed by atoms with Gasteiger partial charge in [0.25, 0.3) is 0 Å². The summed E-state index contributed by atoms with van der Waals surface area (Å²) in [6, 6.07) is 0. The molecule has 2 nitrogen and oxygen atoms in total. The molecule has 0 aliphatic heterocycles. The molecule has 0 aromatic rings. The lowest BCUT2D eigenvalue weighted by molar-refractivity contribution is -0.136. The van der Waals surface area contributed by atoms with Gasteiger partial charge < -0.3 is 0 Å². The summed E-state index contributed by atoms with van der Waals surface area (Å²) in [6.45, 7) is 5.70. The fourth-order valence-corrected chi connectivity index (χ4v) is 2.65. The van der Waals surface area contributed by atoms with Gasteiger partial charge in [-0.25, -0.2) is 0 Å². The summed E-state index contributed by atoms with van der Waals surface area (Å²) >= 11 is 0. The predicted octanol–water partition coefficient (Wildman–Crippen LogP) is 2.45. The van der Waals surface area contributed by atoms with Crippen molar-refractivity contribution in [1.29, 1.82) is 0 Å². The lowest BCUT2D eigenvalue weighted by Gasteiger charge is -2.40. The lowest BCUT2D eigenvalue weighted by atomic mass is 9.60. The fraction of sp³-hybridized carbons (Fsp3) is 0.538.